The first-order valence-electron chi connectivity index (χ1n) is 5.83. The van der Waals surface area contributed by atoms with Gasteiger partial charge in [0, 0.05) is 12.1 Å². The second-order valence-corrected chi connectivity index (χ2v) is 4.53. The molecule has 0 unspecified atom stereocenters. The molecular weight excluding hydrogens is 224 g/mol. The van der Waals surface area contributed by atoms with Gasteiger partial charge in [0.25, 0.3) is 0 Å². The van der Waals surface area contributed by atoms with Crippen molar-refractivity contribution in [2.45, 2.75) is 45.7 Å². The van der Waals surface area contributed by atoms with Crippen molar-refractivity contribution in [2.75, 3.05) is 0 Å². The van der Waals surface area contributed by atoms with Crippen LogP contribution in [0.1, 0.15) is 39.2 Å². The average Bonchev–Trinajstić information content (AvgIpc) is 2.32. The van der Waals surface area contributed by atoms with Gasteiger partial charge in [0.15, 0.2) is 17.4 Å². The Balaban J connectivity index is 2.76. The Morgan fingerprint density at radius 1 is 1.18 bits per heavy atom. The van der Waals surface area contributed by atoms with Gasteiger partial charge in [0.1, 0.15) is 0 Å². The topological polar surface area (TPSA) is 32.3 Å². The van der Waals surface area contributed by atoms with Gasteiger partial charge in [-0.2, -0.15) is 0 Å². The van der Waals surface area contributed by atoms with E-state index in [1.54, 1.807) is 0 Å². The minimum absolute atomic E-state index is 0.0369. The molecule has 0 heterocycles. The number of benzene rings is 1. The molecule has 0 atom stereocenters. The number of aromatic hydroxyl groups is 1. The van der Waals surface area contributed by atoms with Crippen molar-refractivity contribution in [3.05, 3.63) is 29.3 Å². The lowest BCUT2D eigenvalue weighted by Gasteiger charge is -2.28. The van der Waals surface area contributed by atoms with Crippen LogP contribution in [-0.2, 0) is 6.54 Å². The predicted molar refractivity (Wildman–Crippen MR) is 63.8 cm³/mol. The molecule has 0 radical (unpaired) electrons. The van der Waals surface area contributed by atoms with Crippen LogP contribution in [0.15, 0.2) is 12.1 Å². The maximum absolute atomic E-state index is 13.1. The third kappa shape index (κ3) is 3.40. The molecule has 1 rings (SSSR count). The summed E-state index contributed by atoms with van der Waals surface area (Å²) in [5.41, 5.74) is 0.455. The normalized spacial score (nSPS) is 11.8. The van der Waals surface area contributed by atoms with Crippen molar-refractivity contribution < 1.29 is 13.9 Å². The summed E-state index contributed by atoms with van der Waals surface area (Å²) in [6, 6.07) is 2.30. The number of rotatable bonds is 5. The fourth-order valence-corrected chi connectivity index (χ4v) is 1.54. The zero-order valence-electron chi connectivity index (χ0n) is 10.5. The first-order valence-corrected chi connectivity index (χ1v) is 5.83. The summed E-state index contributed by atoms with van der Waals surface area (Å²) >= 11 is 0. The summed E-state index contributed by atoms with van der Waals surface area (Å²) in [6.45, 7) is 6.58. The quantitative estimate of drug-likeness (QED) is 0.831. The molecular formula is C13H19F2NO. The molecule has 0 spiro atoms. The summed E-state index contributed by atoms with van der Waals surface area (Å²) < 4.78 is 26.2. The van der Waals surface area contributed by atoms with Gasteiger partial charge >= 0.3 is 0 Å². The summed E-state index contributed by atoms with van der Waals surface area (Å²) in [5, 5.41) is 12.3. The van der Waals surface area contributed by atoms with Gasteiger partial charge in [-0.1, -0.05) is 13.8 Å². The highest BCUT2D eigenvalue weighted by atomic mass is 19.1. The molecule has 4 heteroatoms. The van der Waals surface area contributed by atoms with E-state index in [2.05, 4.69) is 26.1 Å². The molecule has 0 bridgehead atoms. The number of nitrogens with one attached hydrogen (secondary N) is 1. The fraction of sp³-hybridized carbons (Fsp3) is 0.538. The van der Waals surface area contributed by atoms with Gasteiger partial charge in [-0.05, 0) is 37.5 Å². The largest absolute Gasteiger partial charge is 0.503 e. The Hall–Kier alpha value is -1.16. The van der Waals surface area contributed by atoms with E-state index >= 15 is 0 Å². The molecule has 0 aromatic heterocycles. The van der Waals surface area contributed by atoms with Gasteiger partial charge in [-0.3, -0.25) is 0 Å². The number of phenols is 1. The second-order valence-electron chi connectivity index (χ2n) is 4.53. The lowest BCUT2D eigenvalue weighted by Crippen LogP contribution is -2.40. The van der Waals surface area contributed by atoms with Crippen LogP contribution in [-0.4, -0.2) is 10.6 Å². The minimum atomic E-state index is -0.920. The van der Waals surface area contributed by atoms with Gasteiger partial charge in [-0.15, -0.1) is 0 Å². The van der Waals surface area contributed by atoms with E-state index in [0.29, 0.717) is 12.1 Å². The third-order valence-electron chi connectivity index (χ3n) is 3.36. The molecule has 0 amide bonds. The highest BCUT2D eigenvalue weighted by molar-refractivity contribution is 5.30. The van der Waals surface area contributed by atoms with Crippen LogP contribution in [0.3, 0.4) is 0 Å². The third-order valence-corrected chi connectivity index (χ3v) is 3.36. The number of hydrogen-bond acceptors (Lipinski definition) is 2. The SMILES string of the molecule is CCC(C)(CC)NCc1cc(F)c(O)c(F)c1. The van der Waals surface area contributed by atoms with Crippen molar-refractivity contribution in [1.82, 2.24) is 5.32 Å². The van der Waals surface area contributed by atoms with E-state index in [-0.39, 0.29) is 5.54 Å². The van der Waals surface area contributed by atoms with Crippen molar-refractivity contribution >= 4 is 0 Å². The Kier molecular flexibility index (Phi) is 4.46. The van der Waals surface area contributed by atoms with Crippen molar-refractivity contribution in [3.8, 4) is 5.75 Å². The zero-order valence-corrected chi connectivity index (χ0v) is 10.5. The van der Waals surface area contributed by atoms with Crippen LogP contribution in [0, 0.1) is 11.6 Å². The highest BCUT2D eigenvalue weighted by Gasteiger charge is 2.19. The maximum Gasteiger partial charge on any atom is 0.187 e. The maximum atomic E-state index is 13.1. The van der Waals surface area contributed by atoms with Crippen molar-refractivity contribution in [1.29, 1.82) is 0 Å². The summed E-state index contributed by atoms with van der Waals surface area (Å²) in [6.07, 6.45) is 1.87. The van der Waals surface area contributed by atoms with E-state index in [9.17, 15) is 8.78 Å². The van der Waals surface area contributed by atoms with E-state index in [0.717, 1.165) is 25.0 Å². The number of hydrogen-bond donors (Lipinski definition) is 2. The van der Waals surface area contributed by atoms with Gasteiger partial charge in [-0.25, -0.2) is 8.78 Å². The Bertz CT molecular complexity index is 366. The average molecular weight is 243 g/mol. The lowest BCUT2D eigenvalue weighted by atomic mass is 9.95. The summed E-state index contributed by atoms with van der Waals surface area (Å²) in [4.78, 5) is 0. The van der Waals surface area contributed by atoms with Crippen molar-refractivity contribution in [3.63, 3.8) is 0 Å². The molecule has 96 valence electrons. The lowest BCUT2D eigenvalue weighted by molar-refractivity contribution is 0.328. The fourth-order valence-electron chi connectivity index (χ4n) is 1.54. The minimum Gasteiger partial charge on any atom is -0.503 e. The standard InChI is InChI=1S/C13H19F2NO/c1-4-13(3,5-2)16-8-9-6-10(14)12(17)11(15)7-9/h6-7,16-17H,4-5,8H2,1-3H3. The van der Waals surface area contributed by atoms with E-state index in [4.69, 9.17) is 5.11 Å². The Labute approximate surface area is 101 Å². The van der Waals surface area contributed by atoms with Gasteiger partial charge in [0.05, 0.1) is 0 Å². The summed E-state index contributed by atoms with van der Waals surface area (Å²) in [5.74, 6) is -2.75. The first kappa shape index (κ1) is 13.9. The van der Waals surface area contributed by atoms with Crippen LogP contribution >= 0.6 is 0 Å². The van der Waals surface area contributed by atoms with Crippen LogP contribution < -0.4 is 5.32 Å². The summed E-state index contributed by atoms with van der Waals surface area (Å²) in [7, 11) is 0. The van der Waals surface area contributed by atoms with Crippen LogP contribution in [0.4, 0.5) is 8.78 Å². The van der Waals surface area contributed by atoms with E-state index < -0.39 is 17.4 Å². The van der Waals surface area contributed by atoms with Crippen molar-refractivity contribution in [2.24, 2.45) is 0 Å². The Morgan fingerprint density at radius 2 is 1.65 bits per heavy atom. The van der Waals surface area contributed by atoms with E-state index in [1.165, 1.54) is 0 Å². The molecule has 17 heavy (non-hydrogen) atoms. The molecule has 0 saturated heterocycles. The zero-order chi connectivity index (χ0) is 13.1. The smallest absolute Gasteiger partial charge is 0.187 e. The molecule has 2 N–H and O–H groups in total. The molecule has 1 aromatic carbocycles. The number of halogens is 2. The molecule has 1 aromatic rings. The molecule has 0 fully saturated rings. The van der Waals surface area contributed by atoms with Crippen LogP contribution in [0.25, 0.3) is 0 Å². The molecule has 0 aliphatic rings. The van der Waals surface area contributed by atoms with Gasteiger partial charge < -0.3 is 10.4 Å². The Morgan fingerprint density at radius 3 is 2.06 bits per heavy atom. The highest BCUT2D eigenvalue weighted by Crippen LogP contribution is 2.22. The number of phenolic OH excluding ortho intramolecular Hbond substituents is 1. The molecule has 2 nitrogen and oxygen atoms in total. The second kappa shape index (κ2) is 5.45. The first-order chi connectivity index (χ1) is 7.91. The predicted octanol–water partition coefficient (Wildman–Crippen LogP) is 3.34. The van der Waals surface area contributed by atoms with Crippen LogP contribution in [0.2, 0.25) is 0 Å². The monoisotopic (exact) mass is 243 g/mol. The molecule has 0 aliphatic carbocycles. The van der Waals surface area contributed by atoms with Gasteiger partial charge in [0.2, 0.25) is 0 Å². The molecule has 0 aliphatic heterocycles. The van der Waals surface area contributed by atoms with E-state index in [1.807, 2.05) is 0 Å². The molecule has 0 saturated carbocycles. The van der Waals surface area contributed by atoms with Crippen LogP contribution in [0.5, 0.6) is 5.75 Å².